The van der Waals surface area contributed by atoms with Gasteiger partial charge in [0, 0.05) is 6.04 Å². The number of aryl methyl sites for hydroxylation is 1. The van der Waals surface area contributed by atoms with Crippen molar-refractivity contribution in [3.05, 3.63) is 29.3 Å². The maximum absolute atomic E-state index is 12.6. The molecular formula is C12H15F3N2. The minimum Gasteiger partial charge on any atom is -0.308 e. The fourth-order valence-electron chi connectivity index (χ4n) is 2.27. The second-order valence-corrected chi connectivity index (χ2v) is 4.35. The lowest BCUT2D eigenvalue weighted by molar-refractivity contribution is -0.137. The van der Waals surface area contributed by atoms with Crippen LogP contribution in [0.2, 0.25) is 0 Å². The van der Waals surface area contributed by atoms with Gasteiger partial charge in [0.2, 0.25) is 0 Å². The predicted molar refractivity (Wildman–Crippen MR) is 60.5 cm³/mol. The van der Waals surface area contributed by atoms with Crippen molar-refractivity contribution in [2.45, 2.75) is 38.4 Å². The molecule has 2 N–H and O–H groups in total. The van der Waals surface area contributed by atoms with Crippen molar-refractivity contribution in [1.29, 1.82) is 0 Å². The largest absolute Gasteiger partial charge is 0.416 e. The van der Waals surface area contributed by atoms with Crippen molar-refractivity contribution >= 4 is 5.69 Å². The Morgan fingerprint density at radius 2 is 2.12 bits per heavy atom. The van der Waals surface area contributed by atoms with Gasteiger partial charge in [-0.15, -0.1) is 0 Å². The van der Waals surface area contributed by atoms with E-state index in [4.69, 9.17) is 5.84 Å². The van der Waals surface area contributed by atoms with Crippen molar-refractivity contribution in [2.24, 2.45) is 5.84 Å². The Balaban J connectivity index is 2.36. The highest BCUT2D eigenvalue weighted by Crippen LogP contribution is 2.35. The molecule has 1 unspecified atom stereocenters. The Bertz CT molecular complexity index is 415. The van der Waals surface area contributed by atoms with Crippen LogP contribution < -0.4 is 10.9 Å². The van der Waals surface area contributed by atoms with Crippen LogP contribution in [0.25, 0.3) is 0 Å². The SMILES string of the molecule is CCC1CCc2cc(C(F)(F)F)ccc2N1N. The molecule has 0 spiro atoms. The normalized spacial score (nSPS) is 20.3. The number of hydrogen-bond acceptors (Lipinski definition) is 2. The fourth-order valence-corrected chi connectivity index (χ4v) is 2.27. The number of hydrazine groups is 1. The lowest BCUT2D eigenvalue weighted by atomic mass is 9.94. The zero-order valence-corrected chi connectivity index (χ0v) is 9.59. The average Bonchev–Trinajstić information content (AvgIpc) is 2.28. The second-order valence-electron chi connectivity index (χ2n) is 4.35. The summed E-state index contributed by atoms with van der Waals surface area (Å²) in [5.74, 6) is 5.91. The molecule has 2 rings (SSSR count). The van der Waals surface area contributed by atoms with Crippen LogP contribution in [-0.2, 0) is 12.6 Å². The number of fused-ring (bicyclic) bond motifs is 1. The number of rotatable bonds is 1. The van der Waals surface area contributed by atoms with E-state index in [9.17, 15) is 13.2 Å². The Morgan fingerprint density at radius 1 is 1.41 bits per heavy atom. The van der Waals surface area contributed by atoms with E-state index < -0.39 is 11.7 Å². The molecule has 1 aliphatic rings. The second kappa shape index (κ2) is 4.22. The number of nitrogens with two attached hydrogens (primary N) is 1. The van der Waals surface area contributed by atoms with Gasteiger partial charge in [-0.3, -0.25) is 0 Å². The van der Waals surface area contributed by atoms with Gasteiger partial charge in [-0.25, -0.2) is 5.84 Å². The Hall–Kier alpha value is -1.23. The standard InChI is InChI=1S/C12H15F3N2/c1-2-10-5-3-8-7-9(12(13,14)15)4-6-11(8)17(10)16/h4,6-7,10H,2-3,5,16H2,1H3. The van der Waals surface area contributed by atoms with E-state index in [-0.39, 0.29) is 6.04 Å². The van der Waals surface area contributed by atoms with Gasteiger partial charge in [0.25, 0.3) is 0 Å². The van der Waals surface area contributed by atoms with E-state index in [2.05, 4.69) is 0 Å². The Morgan fingerprint density at radius 3 is 2.71 bits per heavy atom. The number of anilines is 1. The van der Waals surface area contributed by atoms with E-state index in [0.29, 0.717) is 12.0 Å². The monoisotopic (exact) mass is 244 g/mol. The number of alkyl halides is 3. The van der Waals surface area contributed by atoms with Crippen LogP contribution in [0, 0.1) is 0 Å². The highest BCUT2D eigenvalue weighted by atomic mass is 19.4. The molecule has 0 aromatic heterocycles. The Kier molecular flexibility index (Phi) is 3.03. The fraction of sp³-hybridized carbons (Fsp3) is 0.500. The molecule has 0 aliphatic carbocycles. The molecule has 0 radical (unpaired) electrons. The van der Waals surface area contributed by atoms with E-state index in [1.54, 1.807) is 5.01 Å². The van der Waals surface area contributed by atoms with Crippen molar-refractivity contribution in [3.63, 3.8) is 0 Å². The molecule has 0 saturated carbocycles. The third-order valence-electron chi connectivity index (χ3n) is 3.30. The molecule has 0 amide bonds. The maximum atomic E-state index is 12.6. The molecule has 0 saturated heterocycles. The first kappa shape index (κ1) is 12.2. The summed E-state index contributed by atoms with van der Waals surface area (Å²) in [6, 6.07) is 4.00. The van der Waals surface area contributed by atoms with Crippen LogP contribution in [0.4, 0.5) is 18.9 Å². The van der Waals surface area contributed by atoms with Crippen molar-refractivity contribution in [3.8, 4) is 0 Å². The molecule has 1 aliphatic heterocycles. The molecular weight excluding hydrogens is 229 g/mol. The van der Waals surface area contributed by atoms with Gasteiger partial charge in [-0.1, -0.05) is 6.92 Å². The van der Waals surface area contributed by atoms with Gasteiger partial charge in [-0.05, 0) is 43.0 Å². The summed E-state index contributed by atoms with van der Waals surface area (Å²) >= 11 is 0. The Labute approximate surface area is 98.2 Å². The first-order valence-electron chi connectivity index (χ1n) is 5.67. The maximum Gasteiger partial charge on any atom is 0.416 e. The van der Waals surface area contributed by atoms with Gasteiger partial charge in [0.05, 0.1) is 11.3 Å². The molecule has 0 fully saturated rings. The van der Waals surface area contributed by atoms with Gasteiger partial charge in [0.15, 0.2) is 0 Å². The topological polar surface area (TPSA) is 29.3 Å². The third kappa shape index (κ3) is 2.24. The minimum atomic E-state index is -4.28. The van der Waals surface area contributed by atoms with Crippen molar-refractivity contribution < 1.29 is 13.2 Å². The van der Waals surface area contributed by atoms with E-state index in [1.165, 1.54) is 12.1 Å². The first-order chi connectivity index (χ1) is 7.93. The molecule has 1 aromatic carbocycles. The van der Waals surface area contributed by atoms with E-state index in [0.717, 1.165) is 24.6 Å². The molecule has 2 nitrogen and oxygen atoms in total. The molecule has 94 valence electrons. The molecule has 1 atom stereocenters. The predicted octanol–water partition coefficient (Wildman–Crippen LogP) is 3.11. The van der Waals surface area contributed by atoms with Gasteiger partial charge >= 0.3 is 6.18 Å². The van der Waals surface area contributed by atoms with E-state index >= 15 is 0 Å². The van der Waals surface area contributed by atoms with Crippen molar-refractivity contribution in [2.75, 3.05) is 5.01 Å². The molecule has 5 heteroatoms. The molecule has 1 heterocycles. The molecule has 1 aromatic rings. The summed E-state index contributed by atoms with van der Waals surface area (Å²) in [5, 5.41) is 1.60. The van der Waals surface area contributed by atoms with Gasteiger partial charge < -0.3 is 5.01 Å². The summed E-state index contributed by atoms with van der Waals surface area (Å²) in [6.07, 6.45) is -1.92. The van der Waals surface area contributed by atoms with Crippen LogP contribution in [0.1, 0.15) is 30.9 Å². The van der Waals surface area contributed by atoms with Crippen LogP contribution in [0.5, 0.6) is 0 Å². The van der Waals surface area contributed by atoms with Gasteiger partial charge in [0.1, 0.15) is 0 Å². The van der Waals surface area contributed by atoms with Crippen LogP contribution >= 0.6 is 0 Å². The lowest BCUT2D eigenvalue weighted by Gasteiger charge is -2.35. The first-order valence-corrected chi connectivity index (χ1v) is 5.67. The molecule has 0 bridgehead atoms. The summed E-state index contributed by atoms with van der Waals surface area (Å²) in [5.41, 5.74) is 0.808. The zero-order valence-electron chi connectivity index (χ0n) is 9.59. The number of halogens is 3. The molecule has 17 heavy (non-hydrogen) atoms. The van der Waals surface area contributed by atoms with Crippen molar-refractivity contribution in [1.82, 2.24) is 0 Å². The van der Waals surface area contributed by atoms with Crippen LogP contribution in [0.15, 0.2) is 18.2 Å². The quantitative estimate of drug-likeness (QED) is 0.769. The smallest absolute Gasteiger partial charge is 0.308 e. The summed E-state index contributed by atoms with van der Waals surface area (Å²) in [7, 11) is 0. The summed E-state index contributed by atoms with van der Waals surface area (Å²) < 4.78 is 37.7. The summed E-state index contributed by atoms with van der Waals surface area (Å²) in [6.45, 7) is 2.03. The highest BCUT2D eigenvalue weighted by Gasteiger charge is 2.32. The lowest BCUT2D eigenvalue weighted by Crippen LogP contribution is -2.44. The number of hydrogen-bond donors (Lipinski definition) is 1. The average molecular weight is 244 g/mol. The van der Waals surface area contributed by atoms with Gasteiger partial charge in [-0.2, -0.15) is 13.2 Å². The van der Waals surface area contributed by atoms with E-state index in [1.807, 2.05) is 6.92 Å². The highest BCUT2D eigenvalue weighted by molar-refractivity contribution is 5.56. The minimum absolute atomic E-state index is 0.222. The zero-order chi connectivity index (χ0) is 12.6. The number of nitrogens with zero attached hydrogens (tertiary/aromatic N) is 1. The third-order valence-corrected chi connectivity index (χ3v) is 3.30. The number of benzene rings is 1. The summed E-state index contributed by atoms with van der Waals surface area (Å²) in [4.78, 5) is 0. The van der Waals surface area contributed by atoms with Crippen LogP contribution in [-0.4, -0.2) is 6.04 Å². The van der Waals surface area contributed by atoms with Crippen LogP contribution in [0.3, 0.4) is 0 Å².